The first kappa shape index (κ1) is 14.2. The van der Waals surface area contributed by atoms with Crippen LogP contribution in [0.1, 0.15) is 44.2 Å². The Kier molecular flexibility index (Phi) is 6.61. The van der Waals surface area contributed by atoms with Crippen molar-refractivity contribution in [3.8, 4) is 0 Å². The number of allylic oxidation sites excluding steroid dienone is 1. The van der Waals surface area contributed by atoms with Crippen molar-refractivity contribution in [1.82, 2.24) is 4.98 Å². The van der Waals surface area contributed by atoms with Gasteiger partial charge in [0.1, 0.15) is 0 Å². The topological polar surface area (TPSA) is 31.4 Å². The normalized spacial score (nSPS) is 19.9. The summed E-state index contributed by atoms with van der Waals surface area (Å²) in [7, 11) is 0. The van der Waals surface area contributed by atoms with E-state index in [0.29, 0.717) is 0 Å². The van der Waals surface area contributed by atoms with Crippen molar-refractivity contribution in [3.63, 3.8) is 0 Å². The van der Waals surface area contributed by atoms with Gasteiger partial charge in [0, 0.05) is 19.4 Å². The third kappa shape index (κ3) is 5.99. The second-order valence-electron chi connectivity index (χ2n) is 4.82. The number of hydrogen-bond donors (Lipinski definition) is 0. The molecule has 0 N–H and O–H groups in total. The van der Waals surface area contributed by atoms with Gasteiger partial charge in [-0.3, -0.25) is 4.98 Å². The van der Waals surface area contributed by atoms with Crippen LogP contribution in [0.3, 0.4) is 0 Å². The van der Waals surface area contributed by atoms with Crippen molar-refractivity contribution >= 4 is 6.08 Å². The molecule has 0 radical (unpaired) electrons. The lowest BCUT2D eigenvalue weighted by molar-refractivity contribution is -0.162. The number of unbranched alkanes of at least 4 members (excludes halogenated alkanes) is 2. The minimum Gasteiger partial charge on any atom is -0.353 e. The molecule has 1 aromatic heterocycles. The van der Waals surface area contributed by atoms with Crippen molar-refractivity contribution in [2.75, 3.05) is 13.2 Å². The van der Waals surface area contributed by atoms with Gasteiger partial charge in [0.2, 0.25) is 0 Å². The molecule has 2 heterocycles. The van der Waals surface area contributed by atoms with Crippen molar-refractivity contribution in [1.29, 1.82) is 0 Å². The Balaban J connectivity index is 1.49. The van der Waals surface area contributed by atoms with Crippen molar-refractivity contribution in [2.24, 2.45) is 0 Å². The van der Waals surface area contributed by atoms with Crippen LogP contribution in [0, 0.1) is 0 Å². The van der Waals surface area contributed by atoms with Gasteiger partial charge >= 0.3 is 0 Å². The second kappa shape index (κ2) is 8.83. The van der Waals surface area contributed by atoms with E-state index < -0.39 is 0 Å². The van der Waals surface area contributed by atoms with E-state index in [0.717, 1.165) is 44.6 Å². The third-order valence-corrected chi connectivity index (χ3v) is 3.18. The highest BCUT2D eigenvalue weighted by Crippen LogP contribution is 2.14. The van der Waals surface area contributed by atoms with Gasteiger partial charge in [-0.05, 0) is 56.7 Å². The molecule has 19 heavy (non-hydrogen) atoms. The molecule has 1 aliphatic heterocycles. The van der Waals surface area contributed by atoms with Gasteiger partial charge in [0.25, 0.3) is 0 Å². The van der Waals surface area contributed by atoms with Crippen LogP contribution < -0.4 is 0 Å². The zero-order chi connectivity index (χ0) is 13.2. The van der Waals surface area contributed by atoms with Gasteiger partial charge in [0.05, 0.1) is 5.69 Å². The Morgan fingerprint density at radius 2 is 2.32 bits per heavy atom. The van der Waals surface area contributed by atoms with Crippen LogP contribution in [0.15, 0.2) is 30.5 Å². The van der Waals surface area contributed by atoms with Gasteiger partial charge in [0.15, 0.2) is 6.29 Å². The molecule has 0 bridgehead atoms. The van der Waals surface area contributed by atoms with Crippen LogP contribution in [0.25, 0.3) is 6.08 Å². The van der Waals surface area contributed by atoms with E-state index in [1.807, 2.05) is 24.4 Å². The minimum absolute atomic E-state index is 0.0535. The van der Waals surface area contributed by atoms with E-state index >= 15 is 0 Å². The van der Waals surface area contributed by atoms with Gasteiger partial charge in [-0.25, -0.2) is 0 Å². The van der Waals surface area contributed by atoms with Crippen LogP contribution in [0.4, 0.5) is 0 Å². The van der Waals surface area contributed by atoms with Crippen LogP contribution >= 0.6 is 0 Å². The summed E-state index contributed by atoms with van der Waals surface area (Å²) >= 11 is 0. The average molecular weight is 261 g/mol. The fourth-order valence-electron chi connectivity index (χ4n) is 2.10. The van der Waals surface area contributed by atoms with Crippen molar-refractivity contribution < 1.29 is 9.47 Å². The maximum Gasteiger partial charge on any atom is 0.157 e. The summed E-state index contributed by atoms with van der Waals surface area (Å²) < 4.78 is 11.2. The summed E-state index contributed by atoms with van der Waals surface area (Å²) in [6.07, 6.45) is 12.9. The Morgan fingerprint density at radius 3 is 3.11 bits per heavy atom. The zero-order valence-electron chi connectivity index (χ0n) is 11.5. The Hall–Kier alpha value is -1.19. The molecular formula is C16H23NO2. The van der Waals surface area contributed by atoms with Crippen LogP contribution in [-0.2, 0) is 9.47 Å². The molecule has 2 rings (SSSR count). The summed E-state index contributed by atoms with van der Waals surface area (Å²) in [5, 5.41) is 0. The predicted octanol–water partition coefficient (Wildman–Crippen LogP) is 3.81. The first-order chi connectivity index (χ1) is 9.45. The lowest BCUT2D eigenvalue weighted by atomic mass is 10.2. The van der Waals surface area contributed by atoms with Crippen LogP contribution in [0.2, 0.25) is 0 Å². The Morgan fingerprint density at radius 1 is 1.32 bits per heavy atom. The molecule has 1 aromatic rings. The smallest absolute Gasteiger partial charge is 0.157 e. The lowest BCUT2D eigenvalue weighted by Gasteiger charge is -2.22. The number of hydrogen-bond acceptors (Lipinski definition) is 3. The van der Waals surface area contributed by atoms with E-state index in [2.05, 4.69) is 17.1 Å². The molecule has 1 saturated heterocycles. The third-order valence-electron chi connectivity index (χ3n) is 3.18. The first-order valence-corrected chi connectivity index (χ1v) is 7.26. The lowest BCUT2D eigenvalue weighted by Crippen LogP contribution is -2.22. The fraction of sp³-hybridized carbons (Fsp3) is 0.562. The number of rotatable bonds is 7. The average Bonchev–Trinajstić information content (AvgIpc) is 2.48. The molecule has 1 unspecified atom stereocenters. The highest BCUT2D eigenvalue weighted by Gasteiger charge is 2.12. The Bertz CT molecular complexity index is 358. The SMILES string of the molecule is C(=C\c1ccccn1)/CCCCOC1CCCCO1. The molecule has 3 nitrogen and oxygen atoms in total. The molecule has 3 heteroatoms. The monoisotopic (exact) mass is 261 g/mol. The van der Waals surface area contributed by atoms with Gasteiger partial charge in [-0.15, -0.1) is 0 Å². The molecule has 1 fully saturated rings. The zero-order valence-corrected chi connectivity index (χ0v) is 11.5. The van der Waals surface area contributed by atoms with Crippen molar-refractivity contribution in [2.45, 2.75) is 44.8 Å². The summed E-state index contributed by atoms with van der Waals surface area (Å²) in [6, 6.07) is 5.95. The van der Waals surface area contributed by atoms with E-state index in [9.17, 15) is 0 Å². The van der Waals surface area contributed by atoms with Gasteiger partial charge in [-0.2, -0.15) is 0 Å². The van der Waals surface area contributed by atoms with E-state index in [4.69, 9.17) is 9.47 Å². The maximum absolute atomic E-state index is 5.69. The molecule has 0 spiro atoms. The quantitative estimate of drug-likeness (QED) is 0.699. The van der Waals surface area contributed by atoms with Crippen LogP contribution in [-0.4, -0.2) is 24.5 Å². The Labute approximate surface area is 115 Å². The molecule has 1 atom stereocenters. The molecular weight excluding hydrogens is 238 g/mol. The molecule has 0 aromatic carbocycles. The minimum atomic E-state index is 0.0535. The standard InChI is InChI=1S/C16H23NO2/c1(3-9-15-10-4-6-12-17-15)2-7-13-18-16-11-5-8-14-19-16/h3-4,6,9-10,12,16H,1-2,5,7-8,11,13-14H2/b9-3+. The maximum atomic E-state index is 5.69. The summed E-state index contributed by atoms with van der Waals surface area (Å²) in [5.74, 6) is 0. The van der Waals surface area contributed by atoms with E-state index in [1.165, 1.54) is 12.8 Å². The summed E-state index contributed by atoms with van der Waals surface area (Å²) in [6.45, 7) is 1.67. The van der Waals surface area contributed by atoms with Gasteiger partial charge < -0.3 is 9.47 Å². The second-order valence-corrected chi connectivity index (χ2v) is 4.82. The largest absolute Gasteiger partial charge is 0.353 e. The summed E-state index contributed by atoms with van der Waals surface area (Å²) in [5.41, 5.74) is 1.02. The first-order valence-electron chi connectivity index (χ1n) is 7.26. The van der Waals surface area contributed by atoms with Crippen LogP contribution in [0.5, 0.6) is 0 Å². The molecule has 1 aliphatic rings. The molecule has 104 valence electrons. The highest BCUT2D eigenvalue weighted by atomic mass is 16.7. The number of pyridine rings is 1. The van der Waals surface area contributed by atoms with Gasteiger partial charge in [-0.1, -0.05) is 12.1 Å². The number of ether oxygens (including phenoxy) is 2. The molecule has 0 aliphatic carbocycles. The van der Waals surface area contributed by atoms with E-state index in [1.54, 1.807) is 0 Å². The highest BCUT2D eigenvalue weighted by molar-refractivity contribution is 5.43. The van der Waals surface area contributed by atoms with E-state index in [-0.39, 0.29) is 6.29 Å². The van der Waals surface area contributed by atoms with Crippen molar-refractivity contribution in [3.05, 3.63) is 36.2 Å². The molecule has 0 amide bonds. The fourth-order valence-corrected chi connectivity index (χ4v) is 2.10. The predicted molar refractivity (Wildman–Crippen MR) is 76.7 cm³/mol. The number of nitrogens with zero attached hydrogens (tertiary/aromatic N) is 1. The number of aromatic nitrogens is 1. The molecule has 0 saturated carbocycles. The summed E-state index contributed by atoms with van der Waals surface area (Å²) in [4.78, 5) is 4.25.